The van der Waals surface area contributed by atoms with E-state index in [1.165, 1.54) is 0 Å². The smallest absolute Gasteiger partial charge is 0.363 e. The van der Waals surface area contributed by atoms with Gasteiger partial charge in [0.25, 0.3) is 0 Å². The van der Waals surface area contributed by atoms with Gasteiger partial charge >= 0.3 is 5.97 Å². The molecule has 0 N–H and O–H groups in total. The zero-order chi connectivity index (χ0) is 21.5. The molecule has 1 aliphatic rings. The lowest BCUT2D eigenvalue weighted by molar-refractivity contribution is -0.129. The third kappa shape index (κ3) is 5.28. The Morgan fingerprint density at radius 2 is 1.61 bits per heavy atom. The summed E-state index contributed by atoms with van der Waals surface area (Å²) in [6.07, 6.45) is 5.18. The van der Waals surface area contributed by atoms with Gasteiger partial charge in [-0.1, -0.05) is 66.7 Å². The van der Waals surface area contributed by atoms with E-state index < -0.39 is 5.97 Å². The standard InChI is InChI=1S/C26H21NO4/c1-29-24-17-21(12-14-23(24)30-18-20-10-6-3-7-11-20)16-22-26(28)31-25(27-22)15-13-19-8-4-2-5-9-19/h2-17H,18H2,1H3/b15-13+,22-16-. The van der Waals surface area contributed by atoms with Crippen molar-refractivity contribution in [3.63, 3.8) is 0 Å². The Hall–Kier alpha value is -4.12. The first-order valence-electron chi connectivity index (χ1n) is 9.82. The number of nitrogens with zero attached hydrogens (tertiary/aromatic N) is 1. The molecule has 0 aromatic heterocycles. The number of cyclic esters (lactones) is 1. The fourth-order valence-electron chi connectivity index (χ4n) is 3.01. The molecule has 3 aromatic carbocycles. The molecule has 0 spiro atoms. The number of methoxy groups -OCH3 is 1. The Morgan fingerprint density at radius 1 is 0.871 bits per heavy atom. The van der Waals surface area contributed by atoms with Crippen molar-refractivity contribution in [3.8, 4) is 11.5 Å². The topological polar surface area (TPSA) is 57.1 Å². The second-order valence-corrected chi connectivity index (χ2v) is 6.80. The van der Waals surface area contributed by atoms with E-state index in [0.717, 1.165) is 16.7 Å². The van der Waals surface area contributed by atoms with Gasteiger partial charge in [-0.2, -0.15) is 0 Å². The van der Waals surface area contributed by atoms with Crippen LogP contribution in [0, 0.1) is 0 Å². The van der Waals surface area contributed by atoms with Gasteiger partial charge in [-0.25, -0.2) is 9.79 Å². The van der Waals surface area contributed by atoms with Crippen LogP contribution in [0.1, 0.15) is 16.7 Å². The van der Waals surface area contributed by atoms with Crippen LogP contribution < -0.4 is 9.47 Å². The highest BCUT2D eigenvalue weighted by Crippen LogP contribution is 2.30. The second kappa shape index (κ2) is 9.59. The number of esters is 1. The highest BCUT2D eigenvalue weighted by atomic mass is 16.6. The Bertz CT molecular complexity index is 1150. The largest absolute Gasteiger partial charge is 0.493 e. The van der Waals surface area contributed by atoms with Crippen LogP contribution in [-0.2, 0) is 16.1 Å². The van der Waals surface area contributed by atoms with Crippen LogP contribution in [0.3, 0.4) is 0 Å². The molecule has 0 radical (unpaired) electrons. The molecule has 1 aliphatic heterocycles. The normalized spacial score (nSPS) is 14.5. The van der Waals surface area contributed by atoms with E-state index in [4.69, 9.17) is 14.2 Å². The summed E-state index contributed by atoms with van der Waals surface area (Å²) in [5.74, 6) is 0.966. The number of benzene rings is 3. The molecule has 0 atom stereocenters. The lowest BCUT2D eigenvalue weighted by Crippen LogP contribution is -2.01. The molecule has 5 nitrogen and oxygen atoms in total. The number of ether oxygens (including phenoxy) is 3. The molecule has 0 amide bonds. The number of hydrogen-bond acceptors (Lipinski definition) is 5. The van der Waals surface area contributed by atoms with Gasteiger partial charge in [0.1, 0.15) is 6.61 Å². The van der Waals surface area contributed by atoms with Crippen LogP contribution in [0.2, 0.25) is 0 Å². The first-order chi connectivity index (χ1) is 15.2. The fraction of sp³-hybridized carbons (Fsp3) is 0.0769. The first-order valence-corrected chi connectivity index (χ1v) is 9.82. The highest BCUT2D eigenvalue weighted by molar-refractivity contribution is 6.11. The van der Waals surface area contributed by atoms with Crippen LogP contribution in [-0.4, -0.2) is 19.0 Å². The average molecular weight is 411 g/mol. The maximum absolute atomic E-state index is 12.2. The minimum Gasteiger partial charge on any atom is -0.493 e. The van der Waals surface area contributed by atoms with E-state index in [1.807, 2.05) is 78.9 Å². The third-order valence-electron chi connectivity index (χ3n) is 4.58. The SMILES string of the molecule is COc1cc(/C=C2N=C(/C=C/c3ccccc3)OC\2=O)ccc1OCc1ccccc1. The van der Waals surface area contributed by atoms with E-state index in [9.17, 15) is 4.79 Å². The molecule has 31 heavy (non-hydrogen) atoms. The summed E-state index contributed by atoms with van der Waals surface area (Å²) in [5.41, 5.74) is 3.05. The number of carbonyl (C=O) groups is 1. The molecule has 0 unspecified atom stereocenters. The molecule has 5 heteroatoms. The average Bonchev–Trinajstić information content (AvgIpc) is 3.17. The van der Waals surface area contributed by atoms with Gasteiger partial charge in [-0.3, -0.25) is 0 Å². The predicted octanol–water partition coefficient (Wildman–Crippen LogP) is 5.28. The number of aliphatic imine (C=N–C) groups is 1. The van der Waals surface area contributed by atoms with Gasteiger partial charge < -0.3 is 14.2 Å². The van der Waals surface area contributed by atoms with Crippen molar-refractivity contribution in [1.29, 1.82) is 0 Å². The van der Waals surface area contributed by atoms with E-state index in [-0.39, 0.29) is 11.6 Å². The molecular formula is C26H21NO4. The second-order valence-electron chi connectivity index (χ2n) is 6.80. The zero-order valence-electron chi connectivity index (χ0n) is 17.0. The monoisotopic (exact) mass is 411 g/mol. The van der Waals surface area contributed by atoms with E-state index in [2.05, 4.69) is 4.99 Å². The Balaban J connectivity index is 1.49. The molecule has 1 heterocycles. The van der Waals surface area contributed by atoms with Crippen molar-refractivity contribution < 1.29 is 19.0 Å². The lowest BCUT2D eigenvalue weighted by atomic mass is 10.1. The van der Waals surface area contributed by atoms with Crippen molar-refractivity contribution >= 4 is 24.0 Å². The Morgan fingerprint density at radius 3 is 2.35 bits per heavy atom. The van der Waals surface area contributed by atoms with Gasteiger partial charge in [0.05, 0.1) is 7.11 Å². The van der Waals surface area contributed by atoms with Crippen LogP contribution in [0.5, 0.6) is 11.5 Å². The van der Waals surface area contributed by atoms with Crippen molar-refractivity contribution in [1.82, 2.24) is 0 Å². The van der Waals surface area contributed by atoms with Gasteiger partial charge in [0.2, 0.25) is 5.90 Å². The summed E-state index contributed by atoms with van der Waals surface area (Å²) in [5, 5.41) is 0. The molecular weight excluding hydrogens is 390 g/mol. The summed E-state index contributed by atoms with van der Waals surface area (Å²) < 4.78 is 16.6. The molecule has 3 aromatic rings. The minimum absolute atomic E-state index is 0.229. The Kier molecular flexibility index (Phi) is 6.24. The molecule has 0 saturated carbocycles. The summed E-state index contributed by atoms with van der Waals surface area (Å²) in [4.78, 5) is 16.5. The number of hydrogen-bond donors (Lipinski definition) is 0. The molecule has 0 bridgehead atoms. The molecule has 0 fully saturated rings. The molecule has 0 saturated heterocycles. The van der Waals surface area contributed by atoms with Crippen molar-refractivity contribution in [3.05, 3.63) is 107 Å². The summed E-state index contributed by atoms with van der Waals surface area (Å²) in [7, 11) is 1.58. The molecule has 4 rings (SSSR count). The van der Waals surface area contributed by atoms with E-state index in [1.54, 1.807) is 25.3 Å². The lowest BCUT2D eigenvalue weighted by Gasteiger charge is -2.11. The number of rotatable bonds is 7. The maximum Gasteiger partial charge on any atom is 0.363 e. The first kappa shape index (κ1) is 20.2. The molecule has 0 aliphatic carbocycles. The maximum atomic E-state index is 12.2. The molecule has 154 valence electrons. The zero-order valence-corrected chi connectivity index (χ0v) is 17.0. The van der Waals surface area contributed by atoms with Crippen molar-refractivity contribution in [2.75, 3.05) is 7.11 Å². The highest BCUT2D eigenvalue weighted by Gasteiger charge is 2.21. The van der Waals surface area contributed by atoms with Crippen LogP contribution in [0.15, 0.2) is 95.6 Å². The van der Waals surface area contributed by atoms with Crippen LogP contribution in [0.25, 0.3) is 12.2 Å². The van der Waals surface area contributed by atoms with Crippen molar-refractivity contribution in [2.24, 2.45) is 4.99 Å². The summed E-state index contributed by atoms with van der Waals surface area (Å²) in [6.45, 7) is 0.436. The predicted molar refractivity (Wildman–Crippen MR) is 121 cm³/mol. The third-order valence-corrected chi connectivity index (χ3v) is 4.58. The fourth-order valence-corrected chi connectivity index (χ4v) is 3.01. The van der Waals surface area contributed by atoms with E-state index in [0.29, 0.717) is 18.1 Å². The number of carbonyl (C=O) groups excluding carboxylic acids is 1. The van der Waals surface area contributed by atoms with Gasteiger partial charge in [-0.15, -0.1) is 0 Å². The summed E-state index contributed by atoms with van der Waals surface area (Å²) in [6, 6.07) is 25.1. The van der Waals surface area contributed by atoms with Gasteiger partial charge in [-0.05, 0) is 41.0 Å². The van der Waals surface area contributed by atoms with Crippen molar-refractivity contribution in [2.45, 2.75) is 6.61 Å². The van der Waals surface area contributed by atoms with Gasteiger partial charge in [0, 0.05) is 6.08 Å². The van der Waals surface area contributed by atoms with Crippen LogP contribution >= 0.6 is 0 Å². The van der Waals surface area contributed by atoms with Gasteiger partial charge in [0.15, 0.2) is 17.2 Å². The quantitative estimate of drug-likeness (QED) is 0.392. The minimum atomic E-state index is -0.490. The van der Waals surface area contributed by atoms with E-state index >= 15 is 0 Å². The van der Waals surface area contributed by atoms with Crippen LogP contribution in [0.4, 0.5) is 0 Å². The Labute approximate surface area is 180 Å². The summed E-state index contributed by atoms with van der Waals surface area (Å²) >= 11 is 0.